The van der Waals surface area contributed by atoms with E-state index >= 15 is 0 Å². The summed E-state index contributed by atoms with van der Waals surface area (Å²) in [6.07, 6.45) is 0. The van der Waals surface area contributed by atoms with Gasteiger partial charge < -0.3 is 0 Å². The Kier molecular flexibility index (Phi) is 2.92. The van der Waals surface area contributed by atoms with Gasteiger partial charge in [0, 0.05) is 10.3 Å². The SMILES string of the molecule is CC1C(=O)N2c3ccccc3SC2C(C)(C)c2ccccc21. The summed E-state index contributed by atoms with van der Waals surface area (Å²) in [5.74, 6) is 0.104. The van der Waals surface area contributed by atoms with Crippen molar-refractivity contribution in [2.24, 2.45) is 0 Å². The first kappa shape index (κ1) is 13.9. The Morgan fingerprint density at radius 1 is 1.05 bits per heavy atom. The van der Waals surface area contributed by atoms with Crippen molar-refractivity contribution in [2.75, 3.05) is 4.90 Å². The number of benzene rings is 2. The maximum atomic E-state index is 13.2. The van der Waals surface area contributed by atoms with Crippen molar-refractivity contribution in [3.8, 4) is 0 Å². The van der Waals surface area contributed by atoms with Crippen LogP contribution in [-0.4, -0.2) is 11.3 Å². The summed E-state index contributed by atoms with van der Waals surface area (Å²) < 4.78 is 0. The molecular formula is C19H19NOS. The van der Waals surface area contributed by atoms with Crippen LogP contribution in [-0.2, 0) is 10.2 Å². The second kappa shape index (κ2) is 4.63. The Bertz CT molecular complexity index is 768. The Morgan fingerprint density at radius 3 is 2.55 bits per heavy atom. The number of anilines is 1. The summed E-state index contributed by atoms with van der Waals surface area (Å²) in [5.41, 5.74) is 3.43. The second-order valence-corrected chi connectivity index (χ2v) is 7.80. The molecule has 22 heavy (non-hydrogen) atoms. The third-order valence-electron chi connectivity index (χ3n) is 4.94. The maximum Gasteiger partial charge on any atom is 0.235 e. The first-order valence-corrected chi connectivity index (χ1v) is 8.58. The van der Waals surface area contributed by atoms with Crippen LogP contribution in [0.5, 0.6) is 0 Å². The first-order valence-electron chi connectivity index (χ1n) is 7.70. The van der Waals surface area contributed by atoms with Crippen LogP contribution in [0.3, 0.4) is 0 Å². The van der Waals surface area contributed by atoms with Gasteiger partial charge in [0.25, 0.3) is 0 Å². The zero-order chi connectivity index (χ0) is 15.5. The van der Waals surface area contributed by atoms with Crippen LogP contribution in [0.15, 0.2) is 53.4 Å². The summed E-state index contributed by atoms with van der Waals surface area (Å²) in [5, 5.41) is 0.114. The third kappa shape index (κ3) is 1.72. The fraction of sp³-hybridized carbons (Fsp3) is 0.316. The Hall–Kier alpha value is -1.74. The molecule has 2 aromatic carbocycles. The molecule has 2 heterocycles. The molecule has 2 atom stereocenters. The lowest BCUT2D eigenvalue weighted by Gasteiger charge is -2.35. The lowest BCUT2D eigenvalue weighted by molar-refractivity contribution is -0.119. The lowest BCUT2D eigenvalue weighted by atomic mass is 9.80. The largest absolute Gasteiger partial charge is 0.297 e. The molecule has 2 unspecified atom stereocenters. The Labute approximate surface area is 135 Å². The van der Waals surface area contributed by atoms with Gasteiger partial charge in [0.2, 0.25) is 5.91 Å². The van der Waals surface area contributed by atoms with Gasteiger partial charge in [0.15, 0.2) is 0 Å². The van der Waals surface area contributed by atoms with Gasteiger partial charge in [-0.05, 0) is 30.2 Å². The van der Waals surface area contributed by atoms with Crippen molar-refractivity contribution >= 4 is 23.4 Å². The van der Waals surface area contributed by atoms with Crippen molar-refractivity contribution in [3.63, 3.8) is 0 Å². The number of thioether (sulfide) groups is 1. The molecule has 0 fully saturated rings. The molecule has 0 saturated carbocycles. The highest BCUT2D eigenvalue weighted by atomic mass is 32.2. The maximum absolute atomic E-state index is 13.2. The van der Waals surface area contributed by atoms with Crippen molar-refractivity contribution in [3.05, 3.63) is 59.7 Å². The molecule has 0 saturated heterocycles. The molecule has 2 nitrogen and oxygen atoms in total. The molecule has 1 amide bonds. The predicted octanol–water partition coefficient (Wildman–Crippen LogP) is 4.55. The van der Waals surface area contributed by atoms with Crippen LogP contribution in [0.2, 0.25) is 0 Å². The smallest absolute Gasteiger partial charge is 0.235 e. The molecule has 4 rings (SSSR count). The minimum Gasteiger partial charge on any atom is -0.297 e. The van der Waals surface area contributed by atoms with E-state index in [2.05, 4.69) is 44.2 Å². The summed E-state index contributed by atoms with van der Waals surface area (Å²) in [6.45, 7) is 6.55. The highest BCUT2D eigenvalue weighted by Crippen LogP contribution is 2.54. The molecule has 0 aliphatic carbocycles. The van der Waals surface area contributed by atoms with Crippen molar-refractivity contribution in [1.29, 1.82) is 0 Å². The van der Waals surface area contributed by atoms with Crippen LogP contribution in [0, 0.1) is 0 Å². The van der Waals surface area contributed by atoms with Crippen LogP contribution < -0.4 is 4.90 Å². The van der Waals surface area contributed by atoms with E-state index in [4.69, 9.17) is 0 Å². The van der Waals surface area contributed by atoms with Crippen LogP contribution in [0.25, 0.3) is 0 Å². The van der Waals surface area contributed by atoms with E-state index in [1.54, 1.807) is 0 Å². The highest BCUT2D eigenvalue weighted by Gasteiger charge is 2.49. The fourth-order valence-corrected chi connectivity index (χ4v) is 5.12. The quantitative estimate of drug-likeness (QED) is 0.712. The number of amides is 1. The van der Waals surface area contributed by atoms with Gasteiger partial charge in [-0.2, -0.15) is 0 Å². The summed E-state index contributed by atoms with van der Waals surface area (Å²) in [7, 11) is 0. The van der Waals surface area contributed by atoms with Crippen molar-refractivity contribution in [1.82, 2.24) is 0 Å². The van der Waals surface area contributed by atoms with Gasteiger partial charge in [0.1, 0.15) is 0 Å². The van der Waals surface area contributed by atoms with Gasteiger partial charge in [-0.25, -0.2) is 0 Å². The van der Waals surface area contributed by atoms with Gasteiger partial charge in [-0.3, -0.25) is 9.69 Å². The van der Waals surface area contributed by atoms with E-state index in [9.17, 15) is 4.79 Å². The summed E-state index contributed by atoms with van der Waals surface area (Å²) >= 11 is 1.81. The minimum atomic E-state index is -0.104. The lowest BCUT2D eigenvalue weighted by Crippen LogP contribution is -2.45. The predicted molar refractivity (Wildman–Crippen MR) is 91.5 cm³/mol. The summed E-state index contributed by atoms with van der Waals surface area (Å²) in [4.78, 5) is 16.4. The van der Waals surface area contributed by atoms with Gasteiger partial charge in [-0.15, -0.1) is 0 Å². The molecule has 2 aliphatic heterocycles. The minimum absolute atomic E-state index is 0.0965. The molecular weight excluding hydrogens is 290 g/mol. The Morgan fingerprint density at radius 2 is 1.73 bits per heavy atom. The molecule has 0 aromatic heterocycles. The second-order valence-electron chi connectivity index (χ2n) is 6.68. The number of hydrogen-bond donors (Lipinski definition) is 0. The standard InChI is InChI=1S/C19H19NOS/c1-12-13-8-4-5-9-14(13)19(2,3)18-20(17(12)21)15-10-6-7-11-16(15)22-18/h4-12,18H,1-3H3. The molecule has 0 spiro atoms. The average Bonchev–Trinajstić information content (AvgIpc) is 2.91. The zero-order valence-corrected chi connectivity index (χ0v) is 13.9. The molecule has 0 bridgehead atoms. The average molecular weight is 309 g/mol. The topological polar surface area (TPSA) is 20.3 Å². The van der Waals surface area contributed by atoms with Gasteiger partial charge >= 0.3 is 0 Å². The zero-order valence-electron chi connectivity index (χ0n) is 13.0. The molecule has 2 aromatic rings. The first-order chi connectivity index (χ1) is 10.5. The molecule has 0 N–H and O–H groups in total. The van der Waals surface area contributed by atoms with Crippen molar-refractivity contribution in [2.45, 2.75) is 42.4 Å². The number of para-hydroxylation sites is 1. The molecule has 3 heteroatoms. The number of carbonyl (C=O) groups is 1. The summed E-state index contributed by atoms with van der Waals surface area (Å²) in [6, 6.07) is 16.7. The highest BCUT2D eigenvalue weighted by molar-refractivity contribution is 8.00. The van der Waals surface area contributed by atoms with E-state index in [1.807, 2.05) is 41.8 Å². The van der Waals surface area contributed by atoms with Gasteiger partial charge in [-0.1, -0.05) is 62.0 Å². The normalized spacial score (nSPS) is 25.2. The van der Waals surface area contributed by atoms with E-state index < -0.39 is 0 Å². The van der Waals surface area contributed by atoms with Gasteiger partial charge in [0.05, 0.1) is 17.0 Å². The third-order valence-corrected chi connectivity index (χ3v) is 6.57. The number of rotatable bonds is 0. The van der Waals surface area contributed by atoms with Crippen LogP contribution >= 0.6 is 11.8 Å². The fourth-order valence-electron chi connectivity index (χ4n) is 3.70. The van der Waals surface area contributed by atoms with Crippen molar-refractivity contribution < 1.29 is 4.79 Å². The molecule has 0 radical (unpaired) electrons. The molecule has 112 valence electrons. The van der Waals surface area contributed by atoms with E-state index in [0.29, 0.717) is 0 Å². The number of nitrogens with zero attached hydrogens (tertiary/aromatic N) is 1. The van der Waals surface area contributed by atoms with E-state index in [0.717, 1.165) is 5.69 Å². The van der Waals surface area contributed by atoms with Crippen LogP contribution in [0.1, 0.15) is 37.8 Å². The Balaban J connectivity index is 1.96. The van der Waals surface area contributed by atoms with E-state index in [1.165, 1.54) is 16.0 Å². The number of fused-ring (bicyclic) bond motifs is 4. The van der Waals surface area contributed by atoms with E-state index in [-0.39, 0.29) is 22.6 Å². The number of carbonyl (C=O) groups excluding carboxylic acids is 1. The monoisotopic (exact) mass is 309 g/mol. The number of hydrogen-bond acceptors (Lipinski definition) is 2. The van der Waals surface area contributed by atoms with Crippen LogP contribution in [0.4, 0.5) is 5.69 Å². The molecule has 2 aliphatic rings.